The number of hydrogen-bond donors (Lipinski definition) is 2. The van der Waals surface area contributed by atoms with Gasteiger partial charge in [0, 0.05) is 48.3 Å². The second-order valence-electron chi connectivity index (χ2n) is 6.74. The Balaban J connectivity index is 1.82. The van der Waals surface area contributed by atoms with E-state index in [4.69, 9.17) is 18.4 Å². The molecule has 0 fully saturated rings. The Kier molecular flexibility index (Phi) is 6.12. The highest BCUT2D eigenvalue weighted by atomic mass is 32.2. The Bertz CT molecular complexity index is 1370. The molecular formula is C21H22N4O6S. The average Bonchev–Trinajstić information content (AvgIpc) is 3.21. The standard InChI is InChI=1S/C21H22N4O6S/c1-22-32(26,27)31-13-4-5-17-14(8-13)16(11-23-17)21-15-9-19(29-3)20(30-7-6-28-2)10-18(15)24-12-25-21/h4-5,8-12,22-23H,6-7H2,1-3H3. The van der Waals surface area contributed by atoms with Crippen molar-refractivity contribution in [1.82, 2.24) is 19.7 Å². The van der Waals surface area contributed by atoms with Gasteiger partial charge in [0.1, 0.15) is 18.7 Å². The van der Waals surface area contributed by atoms with Gasteiger partial charge in [-0.1, -0.05) is 0 Å². The summed E-state index contributed by atoms with van der Waals surface area (Å²) in [5.74, 6) is 1.26. The van der Waals surface area contributed by atoms with E-state index in [0.29, 0.717) is 35.9 Å². The zero-order valence-electron chi connectivity index (χ0n) is 17.7. The van der Waals surface area contributed by atoms with Crippen molar-refractivity contribution >= 4 is 32.1 Å². The predicted molar refractivity (Wildman–Crippen MR) is 119 cm³/mol. The van der Waals surface area contributed by atoms with E-state index in [2.05, 4.69) is 19.7 Å². The van der Waals surface area contributed by atoms with Crippen molar-refractivity contribution in [2.24, 2.45) is 0 Å². The second-order valence-corrected chi connectivity index (χ2v) is 8.22. The summed E-state index contributed by atoms with van der Waals surface area (Å²) >= 11 is 0. The highest BCUT2D eigenvalue weighted by Crippen LogP contribution is 2.38. The van der Waals surface area contributed by atoms with Crippen LogP contribution in [-0.2, 0) is 15.0 Å². The molecule has 0 aliphatic carbocycles. The SMILES string of the molecule is CNS(=O)(=O)Oc1ccc2[nH]cc(-c3ncnc4cc(OCCOC)c(OC)cc34)c2c1. The zero-order chi connectivity index (χ0) is 22.7. The molecule has 0 amide bonds. The van der Waals surface area contributed by atoms with E-state index in [1.165, 1.54) is 13.4 Å². The van der Waals surface area contributed by atoms with Crippen LogP contribution in [0.15, 0.2) is 42.9 Å². The molecule has 0 spiro atoms. The van der Waals surface area contributed by atoms with Crippen LogP contribution < -0.4 is 18.4 Å². The molecule has 0 aliphatic heterocycles. The molecule has 10 nitrogen and oxygen atoms in total. The average molecular weight is 458 g/mol. The van der Waals surface area contributed by atoms with Crippen LogP contribution in [0, 0.1) is 0 Å². The number of fused-ring (bicyclic) bond motifs is 2. The lowest BCUT2D eigenvalue weighted by Crippen LogP contribution is -2.24. The molecule has 2 aromatic carbocycles. The maximum Gasteiger partial charge on any atom is 0.382 e. The van der Waals surface area contributed by atoms with Gasteiger partial charge in [-0.25, -0.2) is 9.97 Å². The first-order chi connectivity index (χ1) is 15.5. The Labute approximate surface area is 184 Å². The monoisotopic (exact) mass is 458 g/mol. The van der Waals surface area contributed by atoms with Crippen molar-refractivity contribution in [3.8, 4) is 28.5 Å². The Morgan fingerprint density at radius 3 is 2.62 bits per heavy atom. The quantitative estimate of drug-likeness (QED) is 0.367. The fraction of sp³-hybridized carbons (Fsp3) is 0.238. The fourth-order valence-electron chi connectivity index (χ4n) is 3.30. The summed E-state index contributed by atoms with van der Waals surface area (Å²) in [6, 6.07) is 8.56. The molecule has 2 heterocycles. The number of aromatic amines is 1. The molecule has 11 heteroatoms. The summed E-state index contributed by atoms with van der Waals surface area (Å²) < 4.78 is 47.0. The first kappa shape index (κ1) is 21.8. The van der Waals surface area contributed by atoms with Crippen LogP contribution in [0.2, 0.25) is 0 Å². The third-order valence-electron chi connectivity index (χ3n) is 4.83. The van der Waals surface area contributed by atoms with Gasteiger partial charge >= 0.3 is 10.3 Å². The summed E-state index contributed by atoms with van der Waals surface area (Å²) in [5, 5.41) is 1.49. The minimum Gasteiger partial charge on any atom is -0.493 e. The highest BCUT2D eigenvalue weighted by Gasteiger charge is 2.17. The number of benzene rings is 2. The molecule has 168 valence electrons. The number of H-pyrrole nitrogens is 1. The molecule has 4 aromatic rings. The van der Waals surface area contributed by atoms with E-state index in [1.54, 1.807) is 44.7 Å². The van der Waals surface area contributed by atoms with Gasteiger partial charge in [-0.15, -0.1) is 0 Å². The van der Waals surface area contributed by atoms with Crippen LogP contribution in [0.5, 0.6) is 17.2 Å². The van der Waals surface area contributed by atoms with Gasteiger partial charge in [-0.3, -0.25) is 0 Å². The molecule has 0 saturated carbocycles. The molecule has 0 saturated heterocycles. The van der Waals surface area contributed by atoms with Crippen molar-refractivity contribution in [3.63, 3.8) is 0 Å². The van der Waals surface area contributed by atoms with Gasteiger partial charge in [0.15, 0.2) is 11.5 Å². The lowest BCUT2D eigenvalue weighted by atomic mass is 10.0. The van der Waals surface area contributed by atoms with Gasteiger partial charge < -0.3 is 23.4 Å². The van der Waals surface area contributed by atoms with Crippen molar-refractivity contribution in [3.05, 3.63) is 42.9 Å². The Morgan fingerprint density at radius 1 is 1.03 bits per heavy atom. The van der Waals surface area contributed by atoms with Crippen LogP contribution in [0.1, 0.15) is 0 Å². The van der Waals surface area contributed by atoms with E-state index < -0.39 is 10.3 Å². The summed E-state index contributed by atoms with van der Waals surface area (Å²) in [4.78, 5) is 12.0. The highest BCUT2D eigenvalue weighted by molar-refractivity contribution is 7.85. The van der Waals surface area contributed by atoms with Crippen molar-refractivity contribution in [1.29, 1.82) is 0 Å². The van der Waals surface area contributed by atoms with Crippen LogP contribution in [0.4, 0.5) is 0 Å². The Hall–Kier alpha value is -3.41. The summed E-state index contributed by atoms with van der Waals surface area (Å²) in [6.07, 6.45) is 3.27. The molecule has 0 bridgehead atoms. The predicted octanol–water partition coefficient (Wildman–Crippen LogP) is 2.65. The molecule has 0 aliphatic rings. The van der Waals surface area contributed by atoms with E-state index >= 15 is 0 Å². The Morgan fingerprint density at radius 2 is 1.88 bits per heavy atom. The maximum atomic E-state index is 11.8. The molecule has 0 radical (unpaired) electrons. The third kappa shape index (κ3) is 4.31. The van der Waals surface area contributed by atoms with E-state index in [-0.39, 0.29) is 5.75 Å². The number of aromatic nitrogens is 3. The van der Waals surface area contributed by atoms with Crippen LogP contribution in [0.25, 0.3) is 33.1 Å². The molecule has 32 heavy (non-hydrogen) atoms. The van der Waals surface area contributed by atoms with Gasteiger partial charge in [-0.2, -0.15) is 13.1 Å². The topological polar surface area (TPSA) is 125 Å². The number of nitrogens with zero attached hydrogens (tertiary/aromatic N) is 2. The molecule has 0 atom stereocenters. The number of hydrogen-bond acceptors (Lipinski definition) is 8. The van der Waals surface area contributed by atoms with Crippen molar-refractivity contribution in [2.45, 2.75) is 0 Å². The normalized spacial score (nSPS) is 11.7. The number of rotatable bonds is 9. The lowest BCUT2D eigenvalue weighted by Gasteiger charge is -2.13. The van der Waals surface area contributed by atoms with Crippen LogP contribution in [0.3, 0.4) is 0 Å². The third-order valence-corrected chi connectivity index (χ3v) is 5.74. The fourth-order valence-corrected chi connectivity index (χ4v) is 3.74. The zero-order valence-corrected chi connectivity index (χ0v) is 18.5. The number of methoxy groups -OCH3 is 2. The minimum atomic E-state index is -3.89. The summed E-state index contributed by atoms with van der Waals surface area (Å²) in [7, 11) is 0.560. The first-order valence-corrected chi connectivity index (χ1v) is 11.1. The lowest BCUT2D eigenvalue weighted by molar-refractivity contribution is 0.144. The van der Waals surface area contributed by atoms with E-state index in [1.807, 2.05) is 6.07 Å². The van der Waals surface area contributed by atoms with Gasteiger partial charge in [0.25, 0.3) is 0 Å². The van der Waals surface area contributed by atoms with Gasteiger partial charge in [0.2, 0.25) is 0 Å². The van der Waals surface area contributed by atoms with E-state index in [9.17, 15) is 8.42 Å². The first-order valence-electron chi connectivity index (χ1n) is 9.64. The maximum absolute atomic E-state index is 11.8. The van der Waals surface area contributed by atoms with Gasteiger partial charge in [-0.05, 0) is 24.3 Å². The largest absolute Gasteiger partial charge is 0.493 e. The van der Waals surface area contributed by atoms with Crippen molar-refractivity contribution in [2.75, 3.05) is 34.5 Å². The van der Waals surface area contributed by atoms with E-state index in [0.717, 1.165) is 21.9 Å². The molecule has 2 aromatic heterocycles. The second kappa shape index (κ2) is 8.99. The van der Waals surface area contributed by atoms with Crippen LogP contribution >= 0.6 is 0 Å². The van der Waals surface area contributed by atoms with Crippen LogP contribution in [-0.4, -0.2) is 57.9 Å². The minimum absolute atomic E-state index is 0.178. The van der Waals surface area contributed by atoms with Gasteiger partial charge in [0.05, 0.1) is 24.9 Å². The molecular weight excluding hydrogens is 436 g/mol. The molecule has 0 unspecified atom stereocenters. The van der Waals surface area contributed by atoms with Crippen molar-refractivity contribution < 1.29 is 26.8 Å². The number of nitrogens with one attached hydrogen (secondary N) is 2. The molecule has 4 rings (SSSR count). The summed E-state index contributed by atoms with van der Waals surface area (Å²) in [5.41, 5.74) is 2.88. The summed E-state index contributed by atoms with van der Waals surface area (Å²) in [6.45, 7) is 0.816. The number of ether oxygens (including phenoxy) is 3. The smallest absolute Gasteiger partial charge is 0.382 e. The molecule has 2 N–H and O–H groups in total.